The summed E-state index contributed by atoms with van der Waals surface area (Å²) in [5.41, 5.74) is 3.04. The number of amides is 1. The molecule has 1 N–H and O–H groups in total. The summed E-state index contributed by atoms with van der Waals surface area (Å²) >= 11 is 13.1. The normalized spacial score (nSPS) is 10.6. The minimum atomic E-state index is -0.441. The Morgan fingerprint density at radius 1 is 1.13 bits per heavy atom. The minimum absolute atomic E-state index is 0.0757. The van der Waals surface area contributed by atoms with Gasteiger partial charge in [-0.15, -0.1) is 11.3 Å². The lowest BCUT2D eigenvalue weighted by Crippen LogP contribution is -2.14. The highest BCUT2D eigenvalue weighted by molar-refractivity contribution is 7.14. The summed E-state index contributed by atoms with van der Waals surface area (Å²) in [6.07, 6.45) is 0. The number of aryl methyl sites for hydroxylation is 1. The molecule has 4 nitrogen and oxygen atoms in total. The molecule has 1 aromatic carbocycles. The van der Waals surface area contributed by atoms with Crippen molar-refractivity contribution in [2.75, 3.05) is 5.32 Å². The Kier molecular flexibility index (Phi) is 4.61. The summed E-state index contributed by atoms with van der Waals surface area (Å²) in [4.78, 5) is 20.6. The third kappa shape index (κ3) is 3.52. The van der Waals surface area contributed by atoms with Gasteiger partial charge in [-0.25, -0.2) is 9.97 Å². The van der Waals surface area contributed by atoms with Gasteiger partial charge in [-0.1, -0.05) is 47.5 Å². The first-order valence-electron chi connectivity index (χ1n) is 6.69. The molecular formula is C16H11Cl2N3OS. The third-order valence-electron chi connectivity index (χ3n) is 3.17. The molecule has 3 rings (SSSR count). The molecule has 0 spiro atoms. The van der Waals surface area contributed by atoms with Gasteiger partial charge in [0.25, 0.3) is 5.91 Å². The topological polar surface area (TPSA) is 54.9 Å². The molecule has 2 heterocycles. The SMILES string of the molecule is Cc1ccccc1-c1csc(NC(=O)c2nc(Cl)ccc2Cl)n1. The summed E-state index contributed by atoms with van der Waals surface area (Å²) in [6.45, 7) is 2.02. The van der Waals surface area contributed by atoms with Crippen LogP contribution in [-0.2, 0) is 0 Å². The van der Waals surface area contributed by atoms with Gasteiger partial charge < -0.3 is 0 Å². The molecule has 1 amide bonds. The number of rotatable bonds is 3. The molecule has 0 radical (unpaired) electrons. The van der Waals surface area contributed by atoms with E-state index in [-0.39, 0.29) is 15.9 Å². The number of carbonyl (C=O) groups excluding carboxylic acids is 1. The van der Waals surface area contributed by atoms with Crippen LogP contribution in [0.2, 0.25) is 10.2 Å². The fourth-order valence-corrected chi connectivity index (χ4v) is 3.09. The van der Waals surface area contributed by atoms with Gasteiger partial charge >= 0.3 is 0 Å². The molecular weight excluding hydrogens is 353 g/mol. The van der Waals surface area contributed by atoms with Crippen molar-refractivity contribution < 1.29 is 4.79 Å². The first-order valence-corrected chi connectivity index (χ1v) is 8.33. The molecule has 116 valence electrons. The Labute approximate surface area is 147 Å². The molecule has 23 heavy (non-hydrogen) atoms. The number of anilines is 1. The van der Waals surface area contributed by atoms with Crippen molar-refractivity contribution in [3.8, 4) is 11.3 Å². The number of nitrogens with one attached hydrogen (secondary N) is 1. The minimum Gasteiger partial charge on any atom is -0.296 e. The van der Waals surface area contributed by atoms with Gasteiger partial charge in [0.05, 0.1) is 10.7 Å². The average molecular weight is 364 g/mol. The van der Waals surface area contributed by atoms with Crippen molar-refractivity contribution in [1.82, 2.24) is 9.97 Å². The Morgan fingerprint density at radius 2 is 1.91 bits per heavy atom. The molecule has 3 aromatic rings. The zero-order valence-electron chi connectivity index (χ0n) is 12.0. The predicted molar refractivity (Wildman–Crippen MR) is 94.5 cm³/mol. The number of halogens is 2. The van der Waals surface area contributed by atoms with Crippen LogP contribution >= 0.6 is 34.5 Å². The van der Waals surface area contributed by atoms with Crippen molar-refractivity contribution >= 4 is 45.6 Å². The number of aromatic nitrogens is 2. The number of pyridine rings is 1. The van der Waals surface area contributed by atoms with Gasteiger partial charge in [0, 0.05) is 10.9 Å². The van der Waals surface area contributed by atoms with Crippen LogP contribution in [0.5, 0.6) is 0 Å². The quantitative estimate of drug-likeness (QED) is 0.660. The molecule has 2 aromatic heterocycles. The van der Waals surface area contributed by atoms with E-state index in [1.807, 2.05) is 36.6 Å². The molecule has 0 aliphatic carbocycles. The Hall–Kier alpha value is -1.95. The maximum absolute atomic E-state index is 12.2. The van der Waals surface area contributed by atoms with E-state index in [0.29, 0.717) is 5.13 Å². The van der Waals surface area contributed by atoms with Crippen molar-refractivity contribution in [2.45, 2.75) is 6.92 Å². The highest BCUT2D eigenvalue weighted by Crippen LogP contribution is 2.28. The second-order valence-corrected chi connectivity index (χ2v) is 6.42. The van der Waals surface area contributed by atoms with Crippen LogP contribution in [0, 0.1) is 6.92 Å². The first-order chi connectivity index (χ1) is 11.0. The van der Waals surface area contributed by atoms with Gasteiger partial charge in [0.2, 0.25) is 0 Å². The van der Waals surface area contributed by atoms with E-state index in [4.69, 9.17) is 23.2 Å². The van der Waals surface area contributed by atoms with Gasteiger partial charge in [-0.3, -0.25) is 10.1 Å². The van der Waals surface area contributed by atoms with Crippen LogP contribution in [0.15, 0.2) is 41.8 Å². The van der Waals surface area contributed by atoms with Gasteiger partial charge in [-0.05, 0) is 24.6 Å². The zero-order chi connectivity index (χ0) is 16.4. The number of hydrogen-bond acceptors (Lipinski definition) is 4. The molecule has 0 fully saturated rings. The van der Waals surface area contributed by atoms with E-state index in [1.54, 1.807) is 0 Å². The molecule has 0 saturated carbocycles. The fraction of sp³-hybridized carbons (Fsp3) is 0.0625. The number of hydrogen-bond donors (Lipinski definition) is 1. The summed E-state index contributed by atoms with van der Waals surface area (Å²) in [7, 11) is 0. The Bertz CT molecular complexity index is 879. The standard InChI is InChI=1S/C16H11Cl2N3OS/c1-9-4-2-3-5-10(9)12-8-23-16(19-12)21-15(22)14-11(17)6-7-13(18)20-14/h2-8H,1H3,(H,19,21,22). The predicted octanol–water partition coefficient (Wildman–Crippen LogP) is 5.07. The highest BCUT2D eigenvalue weighted by Gasteiger charge is 2.15. The average Bonchev–Trinajstić information content (AvgIpc) is 2.98. The van der Waals surface area contributed by atoms with Gasteiger partial charge in [0.15, 0.2) is 5.13 Å². The van der Waals surface area contributed by atoms with Crippen LogP contribution in [-0.4, -0.2) is 15.9 Å². The second-order valence-electron chi connectivity index (χ2n) is 4.77. The third-order valence-corrected chi connectivity index (χ3v) is 4.45. The molecule has 7 heteroatoms. The highest BCUT2D eigenvalue weighted by atomic mass is 35.5. The fourth-order valence-electron chi connectivity index (χ4n) is 2.05. The molecule has 0 atom stereocenters. The van der Waals surface area contributed by atoms with E-state index in [0.717, 1.165) is 16.8 Å². The smallest absolute Gasteiger partial charge is 0.277 e. The van der Waals surface area contributed by atoms with E-state index < -0.39 is 5.91 Å². The number of thiazole rings is 1. The summed E-state index contributed by atoms with van der Waals surface area (Å²) in [6, 6.07) is 11.0. The Morgan fingerprint density at radius 3 is 2.70 bits per heavy atom. The lowest BCUT2D eigenvalue weighted by Gasteiger charge is -2.04. The molecule has 0 saturated heterocycles. The van der Waals surface area contributed by atoms with Gasteiger partial charge in [0.1, 0.15) is 10.8 Å². The monoisotopic (exact) mass is 363 g/mol. The zero-order valence-corrected chi connectivity index (χ0v) is 14.3. The van der Waals surface area contributed by atoms with Crippen molar-refractivity contribution in [3.63, 3.8) is 0 Å². The van der Waals surface area contributed by atoms with Crippen molar-refractivity contribution in [2.24, 2.45) is 0 Å². The molecule has 0 unspecified atom stereocenters. The Balaban J connectivity index is 1.83. The first kappa shape index (κ1) is 15.9. The number of nitrogens with zero attached hydrogens (tertiary/aromatic N) is 2. The van der Waals surface area contributed by atoms with Crippen LogP contribution in [0.3, 0.4) is 0 Å². The lowest BCUT2D eigenvalue weighted by molar-refractivity contribution is 0.102. The maximum Gasteiger partial charge on any atom is 0.277 e. The lowest BCUT2D eigenvalue weighted by atomic mass is 10.1. The van der Waals surface area contributed by atoms with Gasteiger partial charge in [-0.2, -0.15) is 0 Å². The van der Waals surface area contributed by atoms with Crippen molar-refractivity contribution in [1.29, 1.82) is 0 Å². The van der Waals surface area contributed by atoms with Crippen LogP contribution in [0.4, 0.5) is 5.13 Å². The summed E-state index contributed by atoms with van der Waals surface area (Å²) < 4.78 is 0. The van der Waals surface area contributed by atoms with Crippen LogP contribution < -0.4 is 5.32 Å². The summed E-state index contributed by atoms with van der Waals surface area (Å²) in [5, 5.41) is 5.52. The van der Waals surface area contributed by atoms with E-state index in [9.17, 15) is 4.79 Å². The van der Waals surface area contributed by atoms with E-state index in [1.165, 1.54) is 23.5 Å². The van der Waals surface area contributed by atoms with Crippen LogP contribution in [0.1, 0.15) is 16.1 Å². The number of benzene rings is 1. The van der Waals surface area contributed by atoms with Crippen molar-refractivity contribution in [3.05, 3.63) is 63.2 Å². The molecule has 0 bridgehead atoms. The van der Waals surface area contributed by atoms with E-state index >= 15 is 0 Å². The molecule has 0 aliphatic rings. The summed E-state index contributed by atoms with van der Waals surface area (Å²) in [5.74, 6) is -0.441. The maximum atomic E-state index is 12.2. The molecule has 0 aliphatic heterocycles. The largest absolute Gasteiger partial charge is 0.296 e. The second kappa shape index (κ2) is 6.66. The van der Waals surface area contributed by atoms with Crippen LogP contribution in [0.25, 0.3) is 11.3 Å². The van der Waals surface area contributed by atoms with E-state index in [2.05, 4.69) is 15.3 Å². The number of carbonyl (C=O) groups is 1.